The minimum Gasteiger partial charge on any atom is -0.434 e. The van der Waals surface area contributed by atoms with Crippen LogP contribution in [0, 0.1) is 13.8 Å². The standard InChI is InChI=1S/C16H16F2O2/c1-10-7-8-11(2)13(9-10)15(19)12-5-3-4-6-14(12)20-16(17)18/h3-9,15-16,19H,1-2H3. The molecule has 0 aliphatic rings. The number of aryl methyl sites for hydroxylation is 2. The molecule has 0 saturated heterocycles. The van der Waals surface area contributed by atoms with Crippen LogP contribution in [0.25, 0.3) is 0 Å². The van der Waals surface area contributed by atoms with E-state index in [2.05, 4.69) is 4.74 Å². The van der Waals surface area contributed by atoms with Gasteiger partial charge in [0.25, 0.3) is 0 Å². The molecule has 0 aliphatic heterocycles. The molecule has 0 saturated carbocycles. The van der Waals surface area contributed by atoms with Gasteiger partial charge >= 0.3 is 6.61 Å². The maximum atomic E-state index is 12.4. The van der Waals surface area contributed by atoms with E-state index in [9.17, 15) is 13.9 Å². The third-order valence-electron chi connectivity index (χ3n) is 3.16. The van der Waals surface area contributed by atoms with Crippen LogP contribution in [0.15, 0.2) is 42.5 Å². The molecule has 2 aromatic carbocycles. The van der Waals surface area contributed by atoms with E-state index < -0.39 is 12.7 Å². The summed E-state index contributed by atoms with van der Waals surface area (Å²) in [6.07, 6.45) is -0.996. The van der Waals surface area contributed by atoms with Gasteiger partial charge in [-0.1, -0.05) is 42.0 Å². The number of hydrogen-bond acceptors (Lipinski definition) is 2. The third-order valence-corrected chi connectivity index (χ3v) is 3.16. The van der Waals surface area contributed by atoms with Gasteiger partial charge in [0, 0.05) is 5.56 Å². The zero-order valence-electron chi connectivity index (χ0n) is 11.3. The summed E-state index contributed by atoms with van der Waals surface area (Å²) in [7, 11) is 0. The van der Waals surface area contributed by atoms with Crippen molar-refractivity contribution < 1.29 is 18.6 Å². The molecule has 4 heteroatoms. The Labute approximate surface area is 116 Å². The molecular weight excluding hydrogens is 262 g/mol. The Morgan fingerprint density at radius 1 is 1.00 bits per heavy atom. The van der Waals surface area contributed by atoms with Gasteiger partial charge in [0.1, 0.15) is 11.9 Å². The fourth-order valence-electron chi connectivity index (χ4n) is 2.13. The smallest absolute Gasteiger partial charge is 0.387 e. The molecule has 0 aliphatic carbocycles. The average molecular weight is 278 g/mol. The van der Waals surface area contributed by atoms with E-state index >= 15 is 0 Å². The van der Waals surface area contributed by atoms with Crippen molar-refractivity contribution in [2.24, 2.45) is 0 Å². The predicted molar refractivity (Wildman–Crippen MR) is 73.1 cm³/mol. The van der Waals surface area contributed by atoms with Crippen molar-refractivity contribution in [1.29, 1.82) is 0 Å². The molecule has 2 nitrogen and oxygen atoms in total. The zero-order valence-corrected chi connectivity index (χ0v) is 11.3. The fourth-order valence-corrected chi connectivity index (χ4v) is 2.13. The molecule has 0 amide bonds. The normalized spacial score (nSPS) is 12.5. The fraction of sp³-hybridized carbons (Fsp3) is 0.250. The molecule has 0 aromatic heterocycles. The summed E-state index contributed by atoms with van der Waals surface area (Å²) in [5.41, 5.74) is 2.92. The number of aliphatic hydroxyl groups is 1. The Bertz CT molecular complexity index is 597. The van der Waals surface area contributed by atoms with E-state index in [0.29, 0.717) is 11.1 Å². The zero-order chi connectivity index (χ0) is 14.7. The van der Waals surface area contributed by atoms with Gasteiger partial charge in [-0.05, 0) is 31.0 Å². The Morgan fingerprint density at radius 2 is 1.70 bits per heavy atom. The number of benzene rings is 2. The second-order valence-corrected chi connectivity index (χ2v) is 4.68. The summed E-state index contributed by atoms with van der Waals surface area (Å²) in [6.45, 7) is 0.869. The van der Waals surface area contributed by atoms with Gasteiger partial charge < -0.3 is 9.84 Å². The molecule has 1 N–H and O–H groups in total. The van der Waals surface area contributed by atoms with E-state index in [1.807, 2.05) is 32.0 Å². The lowest BCUT2D eigenvalue weighted by Gasteiger charge is -2.18. The second-order valence-electron chi connectivity index (χ2n) is 4.68. The number of ether oxygens (including phenoxy) is 1. The minimum atomic E-state index is -2.91. The van der Waals surface area contributed by atoms with Crippen LogP contribution in [-0.4, -0.2) is 11.7 Å². The van der Waals surface area contributed by atoms with Crippen LogP contribution in [0.5, 0.6) is 5.75 Å². The van der Waals surface area contributed by atoms with Gasteiger partial charge in [0.15, 0.2) is 0 Å². The van der Waals surface area contributed by atoms with Crippen LogP contribution in [0.2, 0.25) is 0 Å². The Morgan fingerprint density at radius 3 is 2.40 bits per heavy atom. The lowest BCUT2D eigenvalue weighted by Crippen LogP contribution is -2.08. The van der Waals surface area contributed by atoms with Crippen molar-refractivity contribution in [3.63, 3.8) is 0 Å². The van der Waals surface area contributed by atoms with Crippen molar-refractivity contribution in [2.45, 2.75) is 26.6 Å². The monoisotopic (exact) mass is 278 g/mol. The largest absolute Gasteiger partial charge is 0.434 e. The maximum absolute atomic E-state index is 12.4. The van der Waals surface area contributed by atoms with Gasteiger partial charge in [0.05, 0.1) is 0 Å². The van der Waals surface area contributed by atoms with Crippen LogP contribution in [-0.2, 0) is 0 Å². The van der Waals surface area contributed by atoms with E-state index in [4.69, 9.17) is 0 Å². The number of halogens is 2. The van der Waals surface area contributed by atoms with E-state index in [1.165, 1.54) is 6.07 Å². The van der Waals surface area contributed by atoms with Crippen molar-refractivity contribution in [3.05, 3.63) is 64.7 Å². The summed E-state index contributed by atoms with van der Waals surface area (Å²) in [4.78, 5) is 0. The maximum Gasteiger partial charge on any atom is 0.387 e. The van der Waals surface area contributed by atoms with Gasteiger partial charge in [-0.3, -0.25) is 0 Å². The second kappa shape index (κ2) is 6.01. The minimum absolute atomic E-state index is 0.00379. The molecule has 1 unspecified atom stereocenters. The molecule has 0 spiro atoms. The van der Waals surface area contributed by atoms with E-state index in [0.717, 1.165) is 11.1 Å². The van der Waals surface area contributed by atoms with Crippen LogP contribution < -0.4 is 4.74 Å². The van der Waals surface area contributed by atoms with Crippen molar-refractivity contribution in [3.8, 4) is 5.75 Å². The van der Waals surface area contributed by atoms with Crippen molar-refractivity contribution >= 4 is 0 Å². The Balaban J connectivity index is 2.42. The lowest BCUT2D eigenvalue weighted by atomic mass is 9.95. The SMILES string of the molecule is Cc1ccc(C)c(C(O)c2ccccc2OC(F)F)c1. The van der Waals surface area contributed by atoms with Crippen molar-refractivity contribution in [2.75, 3.05) is 0 Å². The predicted octanol–water partition coefficient (Wildman–Crippen LogP) is 3.99. The van der Waals surface area contributed by atoms with Gasteiger partial charge in [0.2, 0.25) is 0 Å². The molecule has 20 heavy (non-hydrogen) atoms. The highest BCUT2D eigenvalue weighted by molar-refractivity contribution is 5.43. The number of aliphatic hydroxyl groups excluding tert-OH is 1. The van der Waals surface area contributed by atoms with Gasteiger partial charge in [-0.25, -0.2) is 0 Å². The van der Waals surface area contributed by atoms with Crippen LogP contribution in [0.3, 0.4) is 0 Å². The Kier molecular flexibility index (Phi) is 4.35. The molecule has 0 bridgehead atoms. The van der Waals surface area contributed by atoms with Crippen molar-refractivity contribution in [1.82, 2.24) is 0 Å². The molecule has 106 valence electrons. The van der Waals surface area contributed by atoms with E-state index in [-0.39, 0.29) is 5.75 Å². The first-order valence-corrected chi connectivity index (χ1v) is 6.28. The first-order valence-electron chi connectivity index (χ1n) is 6.28. The number of alkyl halides is 2. The highest BCUT2D eigenvalue weighted by atomic mass is 19.3. The first-order chi connectivity index (χ1) is 9.49. The Hall–Kier alpha value is -1.94. The molecule has 2 aromatic rings. The average Bonchev–Trinajstić information content (AvgIpc) is 2.41. The van der Waals surface area contributed by atoms with Gasteiger partial charge in [-0.15, -0.1) is 0 Å². The quantitative estimate of drug-likeness (QED) is 0.916. The summed E-state index contributed by atoms with van der Waals surface area (Å²) >= 11 is 0. The third kappa shape index (κ3) is 3.14. The number of rotatable bonds is 4. The molecule has 2 rings (SSSR count). The molecule has 0 fully saturated rings. The van der Waals surface area contributed by atoms with E-state index in [1.54, 1.807) is 18.2 Å². The summed E-state index contributed by atoms with van der Waals surface area (Å²) in [6, 6.07) is 12.0. The highest BCUT2D eigenvalue weighted by Crippen LogP contribution is 2.32. The van der Waals surface area contributed by atoms with Gasteiger partial charge in [-0.2, -0.15) is 8.78 Å². The highest BCUT2D eigenvalue weighted by Gasteiger charge is 2.19. The first kappa shape index (κ1) is 14.5. The lowest BCUT2D eigenvalue weighted by molar-refractivity contribution is -0.0512. The molecule has 0 heterocycles. The molecule has 0 radical (unpaired) electrons. The summed E-state index contributed by atoms with van der Waals surface area (Å²) < 4.78 is 29.3. The number of hydrogen-bond donors (Lipinski definition) is 1. The van der Waals surface area contributed by atoms with Crippen LogP contribution in [0.1, 0.15) is 28.4 Å². The summed E-state index contributed by atoms with van der Waals surface area (Å²) in [5, 5.41) is 10.5. The number of para-hydroxylation sites is 1. The topological polar surface area (TPSA) is 29.5 Å². The molecular formula is C16H16F2O2. The van der Waals surface area contributed by atoms with Crippen LogP contribution in [0.4, 0.5) is 8.78 Å². The molecule has 1 atom stereocenters. The van der Waals surface area contributed by atoms with Crippen LogP contribution >= 0.6 is 0 Å². The summed E-state index contributed by atoms with van der Waals surface area (Å²) in [5.74, 6) is -0.00379.